The highest BCUT2D eigenvalue weighted by Gasteiger charge is 2.25. The number of likely N-dealkylation sites (N-methyl/N-ethyl adjacent to an activating group) is 1. The van der Waals surface area contributed by atoms with Crippen molar-refractivity contribution in [1.82, 2.24) is 5.32 Å². The fourth-order valence-electron chi connectivity index (χ4n) is 2.71. The molecule has 0 saturated carbocycles. The fourth-order valence-corrected chi connectivity index (χ4v) is 3.79. The fraction of sp³-hybridized carbons (Fsp3) is 0.350. The number of benzene rings is 1. The third kappa shape index (κ3) is 5.40. The summed E-state index contributed by atoms with van der Waals surface area (Å²) in [6.45, 7) is 6.13. The highest BCUT2D eigenvalue weighted by Crippen LogP contribution is 2.40. The molecule has 0 atom stereocenters. The number of carbonyl (C=O) groups excluding carboxylic acids is 3. The third-order valence-electron chi connectivity index (χ3n) is 4.10. The predicted molar refractivity (Wildman–Crippen MR) is 110 cm³/mol. The van der Waals surface area contributed by atoms with Gasteiger partial charge in [0.2, 0.25) is 0 Å². The van der Waals surface area contributed by atoms with Crippen molar-refractivity contribution in [3.63, 3.8) is 0 Å². The lowest BCUT2D eigenvalue weighted by Gasteiger charge is -2.09. The first-order chi connectivity index (χ1) is 13.4. The van der Waals surface area contributed by atoms with E-state index >= 15 is 0 Å². The van der Waals surface area contributed by atoms with Gasteiger partial charge in [-0.2, -0.15) is 0 Å². The molecule has 0 saturated heterocycles. The summed E-state index contributed by atoms with van der Waals surface area (Å²) in [5.41, 5.74) is 3.16. The summed E-state index contributed by atoms with van der Waals surface area (Å²) < 4.78 is 5.23. The molecule has 0 fully saturated rings. The van der Waals surface area contributed by atoms with E-state index < -0.39 is 5.97 Å². The molecule has 0 unspecified atom stereocenters. The molecular weight excluding hydrogens is 378 g/mol. The second-order valence-corrected chi connectivity index (χ2v) is 7.47. The Kier molecular flexibility index (Phi) is 7.71. The van der Waals surface area contributed by atoms with Gasteiger partial charge in [-0.25, -0.2) is 4.79 Å². The minimum atomic E-state index is -0.466. The van der Waals surface area contributed by atoms with Crippen LogP contribution in [0.25, 0.3) is 11.1 Å². The number of amides is 2. The Morgan fingerprint density at radius 2 is 1.71 bits per heavy atom. The molecule has 2 amide bonds. The van der Waals surface area contributed by atoms with Gasteiger partial charge in [-0.1, -0.05) is 29.8 Å². The molecule has 7 nitrogen and oxygen atoms in total. The molecule has 1 heterocycles. The Labute approximate surface area is 168 Å². The van der Waals surface area contributed by atoms with Gasteiger partial charge in [0.05, 0.1) is 6.61 Å². The van der Waals surface area contributed by atoms with Gasteiger partial charge in [-0.05, 0) is 26.3 Å². The van der Waals surface area contributed by atoms with Crippen LogP contribution in [0.3, 0.4) is 0 Å². The van der Waals surface area contributed by atoms with Crippen molar-refractivity contribution >= 4 is 34.1 Å². The second-order valence-electron chi connectivity index (χ2n) is 6.24. The Bertz CT molecular complexity index is 859. The van der Waals surface area contributed by atoms with E-state index in [-0.39, 0.29) is 31.5 Å². The van der Waals surface area contributed by atoms with Crippen LogP contribution in [0, 0.1) is 13.8 Å². The molecule has 2 rings (SSSR count). The first-order valence-corrected chi connectivity index (χ1v) is 9.88. The molecule has 1 aromatic carbocycles. The molecule has 8 heteroatoms. The van der Waals surface area contributed by atoms with Gasteiger partial charge >= 0.3 is 5.97 Å². The van der Waals surface area contributed by atoms with E-state index in [4.69, 9.17) is 4.74 Å². The van der Waals surface area contributed by atoms with Crippen LogP contribution in [0.2, 0.25) is 0 Å². The molecule has 0 bridgehead atoms. The lowest BCUT2D eigenvalue weighted by atomic mass is 10.0. The van der Waals surface area contributed by atoms with E-state index in [1.165, 1.54) is 11.3 Å². The minimum absolute atomic E-state index is 0.0759. The maximum absolute atomic E-state index is 12.6. The zero-order valence-electron chi connectivity index (χ0n) is 16.5. The molecule has 0 spiro atoms. The Morgan fingerprint density at radius 1 is 1.07 bits per heavy atom. The Morgan fingerprint density at radius 3 is 2.32 bits per heavy atom. The number of anilines is 1. The van der Waals surface area contributed by atoms with Crippen LogP contribution >= 0.6 is 11.3 Å². The molecular formula is C20H26N3O4S+. The number of esters is 1. The van der Waals surface area contributed by atoms with Crippen LogP contribution in [-0.4, -0.2) is 44.5 Å². The quantitative estimate of drug-likeness (QED) is 0.580. The molecule has 0 aliphatic carbocycles. The van der Waals surface area contributed by atoms with Crippen LogP contribution in [0.15, 0.2) is 24.3 Å². The van der Waals surface area contributed by atoms with E-state index in [9.17, 15) is 14.4 Å². The number of thiophene rings is 1. The number of rotatable bonds is 8. The van der Waals surface area contributed by atoms with Crippen molar-refractivity contribution in [2.24, 2.45) is 0 Å². The summed E-state index contributed by atoms with van der Waals surface area (Å²) in [6.07, 6.45) is 0. The van der Waals surface area contributed by atoms with Crippen LogP contribution < -0.4 is 16.0 Å². The molecule has 0 aliphatic heterocycles. The molecule has 2 aromatic rings. The SMILES string of the molecule is CCOC(=O)c1c(NC(=O)C[NH2+]CC(=O)NC)sc(C)c1-c1ccc(C)cc1. The van der Waals surface area contributed by atoms with E-state index in [1.807, 2.05) is 38.1 Å². The predicted octanol–water partition coefficient (Wildman–Crippen LogP) is 1.46. The summed E-state index contributed by atoms with van der Waals surface area (Å²) in [6, 6.07) is 7.87. The van der Waals surface area contributed by atoms with Gasteiger partial charge in [0.25, 0.3) is 11.8 Å². The molecule has 1 aromatic heterocycles. The smallest absolute Gasteiger partial charge is 0.341 e. The molecule has 4 N–H and O–H groups in total. The number of hydrogen-bond acceptors (Lipinski definition) is 5. The first kappa shape index (κ1) is 21.6. The van der Waals surface area contributed by atoms with Crippen molar-refractivity contribution in [1.29, 1.82) is 0 Å². The number of aryl methyl sites for hydroxylation is 2. The van der Waals surface area contributed by atoms with Crippen molar-refractivity contribution in [3.8, 4) is 11.1 Å². The summed E-state index contributed by atoms with van der Waals surface area (Å²) in [4.78, 5) is 37.1. The summed E-state index contributed by atoms with van der Waals surface area (Å²) >= 11 is 1.34. The largest absolute Gasteiger partial charge is 0.462 e. The van der Waals surface area contributed by atoms with E-state index in [0.29, 0.717) is 10.6 Å². The topological polar surface area (TPSA) is 101 Å². The van der Waals surface area contributed by atoms with E-state index in [2.05, 4.69) is 10.6 Å². The zero-order chi connectivity index (χ0) is 20.7. The van der Waals surface area contributed by atoms with Crippen LogP contribution in [-0.2, 0) is 14.3 Å². The number of hydrogen-bond donors (Lipinski definition) is 3. The number of nitrogens with two attached hydrogens (primary N) is 1. The van der Waals surface area contributed by atoms with Gasteiger partial charge in [-0.15, -0.1) is 11.3 Å². The normalized spacial score (nSPS) is 10.4. The monoisotopic (exact) mass is 404 g/mol. The lowest BCUT2D eigenvalue weighted by molar-refractivity contribution is -0.632. The summed E-state index contributed by atoms with van der Waals surface area (Å²) in [5, 5.41) is 7.36. The molecule has 0 radical (unpaired) electrons. The van der Waals surface area contributed by atoms with E-state index in [0.717, 1.165) is 21.6 Å². The number of quaternary nitrogens is 1. The standard InChI is InChI=1S/C20H25N3O4S/c1-5-27-20(26)18-17(14-8-6-12(2)7-9-14)13(3)28-19(18)23-16(25)11-22-10-15(24)21-4/h6-9,22H,5,10-11H2,1-4H3,(H,21,24)(H,23,25)/p+1. The second kappa shape index (κ2) is 10.0. The maximum atomic E-state index is 12.6. The third-order valence-corrected chi connectivity index (χ3v) is 5.12. The van der Waals surface area contributed by atoms with Gasteiger partial charge in [0.15, 0.2) is 13.1 Å². The zero-order valence-corrected chi connectivity index (χ0v) is 17.4. The Hall–Kier alpha value is -2.71. The highest BCUT2D eigenvalue weighted by molar-refractivity contribution is 7.17. The molecule has 0 aliphatic rings. The van der Waals surface area contributed by atoms with Crippen molar-refractivity contribution in [2.45, 2.75) is 20.8 Å². The molecule has 28 heavy (non-hydrogen) atoms. The lowest BCUT2D eigenvalue weighted by Crippen LogP contribution is -2.88. The first-order valence-electron chi connectivity index (χ1n) is 9.07. The van der Waals surface area contributed by atoms with Crippen LogP contribution in [0.4, 0.5) is 5.00 Å². The molecule has 150 valence electrons. The van der Waals surface area contributed by atoms with Crippen LogP contribution in [0.1, 0.15) is 27.7 Å². The average molecular weight is 405 g/mol. The van der Waals surface area contributed by atoms with E-state index in [1.54, 1.807) is 19.3 Å². The van der Waals surface area contributed by atoms with Crippen molar-refractivity contribution < 1.29 is 24.4 Å². The average Bonchev–Trinajstić information content (AvgIpc) is 2.98. The number of nitrogens with one attached hydrogen (secondary N) is 2. The van der Waals surface area contributed by atoms with Crippen molar-refractivity contribution in [2.75, 3.05) is 32.1 Å². The van der Waals surface area contributed by atoms with Gasteiger partial charge in [0.1, 0.15) is 10.6 Å². The number of carbonyl (C=O) groups is 3. The van der Waals surface area contributed by atoms with Gasteiger partial charge in [0, 0.05) is 17.5 Å². The summed E-state index contributed by atoms with van der Waals surface area (Å²) in [7, 11) is 1.54. The summed E-state index contributed by atoms with van der Waals surface area (Å²) in [5.74, 6) is -0.910. The maximum Gasteiger partial charge on any atom is 0.341 e. The van der Waals surface area contributed by atoms with Gasteiger partial charge in [-0.3, -0.25) is 9.59 Å². The van der Waals surface area contributed by atoms with Gasteiger partial charge < -0.3 is 20.7 Å². The van der Waals surface area contributed by atoms with Crippen LogP contribution in [0.5, 0.6) is 0 Å². The Balaban J connectivity index is 2.29. The highest BCUT2D eigenvalue weighted by atomic mass is 32.1. The number of ether oxygens (including phenoxy) is 1. The minimum Gasteiger partial charge on any atom is -0.462 e. The van der Waals surface area contributed by atoms with Crippen molar-refractivity contribution in [3.05, 3.63) is 40.3 Å².